The van der Waals surface area contributed by atoms with Gasteiger partial charge in [0, 0.05) is 13.1 Å². The molecule has 5 nitrogen and oxygen atoms in total. The fourth-order valence-electron chi connectivity index (χ4n) is 3.50. The molecule has 2 aliphatic heterocycles. The van der Waals surface area contributed by atoms with Crippen LogP contribution in [0.3, 0.4) is 0 Å². The Kier molecular flexibility index (Phi) is 6.03. The highest BCUT2D eigenvalue weighted by Gasteiger charge is 2.36. The van der Waals surface area contributed by atoms with Gasteiger partial charge >= 0.3 is 5.97 Å². The Hall–Kier alpha value is -1.10. The number of nitrogens with zero attached hydrogens (tertiary/aromatic N) is 2. The average molecular weight is 296 g/mol. The molecule has 2 rings (SSSR count). The molecule has 0 aromatic carbocycles. The minimum atomic E-state index is -0.255. The fraction of sp³-hybridized carbons (Fsp3) is 0.875. The largest absolute Gasteiger partial charge is 0.468 e. The first kappa shape index (κ1) is 16.3. The number of carbonyl (C=O) groups is 2. The second kappa shape index (κ2) is 7.78. The first-order valence-electron chi connectivity index (χ1n) is 8.27. The molecule has 0 aromatic heterocycles. The molecule has 5 heteroatoms. The van der Waals surface area contributed by atoms with Crippen LogP contribution in [-0.4, -0.2) is 60.5 Å². The van der Waals surface area contributed by atoms with Crippen molar-refractivity contribution in [3.05, 3.63) is 0 Å². The van der Waals surface area contributed by atoms with E-state index in [2.05, 4.69) is 0 Å². The van der Waals surface area contributed by atoms with Gasteiger partial charge in [0.25, 0.3) is 0 Å². The van der Waals surface area contributed by atoms with E-state index in [0.29, 0.717) is 0 Å². The predicted octanol–water partition coefficient (Wildman–Crippen LogP) is 1.80. The molecular weight excluding hydrogens is 268 g/mol. The van der Waals surface area contributed by atoms with Gasteiger partial charge in [-0.25, -0.2) is 0 Å². The van der Waals surface area contributed by atoms with Gasteiger partial charge in [-0.15, -0.1) is 0 Å². The highest BCUT2D eigenvalue weighted by atomic mass is 16.5. The molecule has 2 aliphatic rings. The first-order chi connectivity index (χ1) is 10.1. The van der Waals surface area contributed by atoms with Gasteiger partial charge in [-0.2, -0.15) is 0 Å². The van der Waals surface area contributed by atoms with Gasteiger partial charge in [-0.1, -0.05) is 19.3 Å². The quantitative estimate of drug-likeness (QED) is 0.745. The van der Waals surface area contributed by atoms with Gasteiger partial charge in [-0.3, -0.25) is 14.5 Å². The molecule has 0 aromatic rings. The number of esters is 1. The third kappa shape index (κ3) is 3.96. The summed E-state index contributed by atoms with van der Waals surface area (Å²) in [5, 5.41) is 0. The van der Waals surface area contributed by atoms with Crippen molar-refractivity contribution in [1.82, 2.24) is 9.80 Å². The summed E-state index contributed by atoms with van der Waals surface area (Å²) in [6, 6.07) is -0.484. The third-order valence-electron chi connectivity index (χ3n) is 4.79. The zero-order valence-corrected chi connectivity index (χ0v) is 13.3. The maximum Gasteiger partial charge on any atom is 0.323 e. The lowest BCUT2D eigenvalue weighted by molar-refractivity contribution is -0.152. The average Bonchev–Trinajstić information content (AvgIpc) is 2.82. The summed E-state index contributed by atoms with van der Waals surface area (Å²) in [5.41, 5.74) is 0. The van der Waals surface area contributed by atoms with Crippen molar-refractivity contribution in [2.24, 2.45) is 0 Å². The van der Waals surface area contributed by atoms with E-state index in [0.717, 1.165) is 51.7 Å². The van der Waals surface area contributed by atoms with E-state index < -0.39 is 0 Å². The summed E-state index contributed by atoms with van der Waals surface area (Å²) in [7, 11) is 1.43. The van der Waals surface area contributed by atoms with Crippen LogP contribution in [0.4, 0.5) is 0 Å². The minimum absolute atomic E-state index is 0.174. The standard InChI is InChI=1S/C16H28N2O3/c1-13(15(19)17-10-6-3-4-7-11-17)18-12-8-5-9-14(18)16(20)21-2/h13-14H,3-12H2,1-2H3. The molecule has 0 N–H and O–H groups in total. The SMILES string of the molecule is COC(=O)C1CCCCN1C(C)C(=O)N1CCCCCC1. The van der Waals surface area contributed by atoms with Crippen LogP contribution in [0, 0.1) is 0 Å². The van der Waals surface area contributed by atoms with Gasteiger partial charge in [-0.05, 0) is 39.2 Å². The summed E-state index contributed by atoms with van der Waals surface area (Å²) in [4.78, 5) is 28.7. The number of likely N-dealkylation sites (tertiary alicyclic amines) is 2. The Bertz CT molecular complexity index is 365. The number of piperidine rings is 1. The second-order valence-corrected chi connectivity index (χ2v) is 6.19. The summed E-state index contributed by atoms with van der Waals surface area (Å²) < 4.78 is 4.91. The van der Waals surface area contributed by atoms with Crippen molar-refractivity contribution >= 4 is 11.9 Å². The molecule has 2 heterocycles. The number of carbonyl (C=O) groups excluding carboxylic acids is 2. The number of methoxy groups -OCH3 is 1. The normalized spacial score (nSPS) is 26.0. The molecule has 2 unspecified atom stereocenters. The van der Waals surface area contributed by atoms with Crippen LogP contribution in [0.15, 0.2) is 0 Å². The number of amides is 1. The summed E-state index contributed by atoms with van der Waals surface area (Å²) in [6.45, 7) is 4.47. The zero-order valence-electron chi connectivity index (χ0n) is 13.3. The smallest absolute Gasteiger partial charge is 0.323 e. The highest BCUT2D eigenvalue weighted by Crippen LogP contribution is 2.22. The number of rotatable bonds is 3. The van der Waals surface area contributed by atoms with Crippen molar-refractivity contribution in [2.75, 3.05) is 26.7 Å². The Balaban J connectivity index is 2.03. The van der Waals surface area contributed by atoms with E-state index in [1.807, 2.05) is 16.7 Å². The Morgan fingerprint density at radius 1 is 1.00 bits per heavy atom. The third-order valence-corrected chi connectivity index (χ3v) is 4.79. The number of ether oxygens (including phenoxy) is 1. The van der Waals surface area contributed by atoms with Crippen LogP contribution >= 0.6 is 0 Å². The second-order valence-electron chi connectivity index (χ2n) is 6.19. The molecule has 2 saturated heterocycles. The summed E-state index contributed by atoms with van der Waals surface area (Å²) >= 11 is 0. The van der Waals surface area contributed by atoms with Gasteiger partial charge in [0.15, 0.2) is 0 Å². The minimum Gasteiger partial charge on any atom is -0.468 e. The Labute approximate surface area is 127 Å². The summed E-state index contributed by atoms with van der Waals surface area (Å²) in [5.74, 6) is -0.0297. The van der Waals surface area contributed by atoms with Crippen LogP contribution in [0.5, 0.6) is 0 Å². The van der Waals surface area contributed by atoms with E-state index in [4.69, 9.17) is 4.74 Å². The predicted molar refractivity (Wildman–Crippen MR) is 80.9 cm³/mol. The maximum absolute atomic E-state index is 12.7. The zero-order chi connectivity index (χ0) is 15.2. The van der Waals surface area contributed by atoms with Crippen molar-refractivity contribution in [1.29, 1.82) is 0 Å². The molecule has 0 bridgehead atoms. The topological polar surface area (TPSA) is 49.9 Å². The van der Waals surface area contributed by atoms with E-state index in [-0.39, 0.29) is 24.0 Å². The van der Waals surface area contributed by atoms with Crippen molar-refractivity contribution in [3.8, 4) is 0 Å². The molecule has 21 heavy (non-hydrogen) atoms. The van der Waals surface area contributed by atoms with Crippen LogP contribution in [0.2, 0.25) is 0 Å². The van der Waals surface area contributed by atoms with E-state index in [1.165, 1.54) is 20.0 Å². The lowest BCUT2D eigenvalue weighted by atomic mass is 9.99. The molecule has 0 saturated carbocycles. The van der Waals surface area contributed by atoms with Gasteiger partial charge < -0.3 is 9.64 Å². The van der Waals surface area contributed by atoms with E-state index in [1.54, 1.807) is 0 Å². The van der Waals surface area contributed by atoms with Crippen molar-refractivity contribution < 1.29 is 14.3 Å². The molecule has 120 valence electrons. The van der Waals surface area contributed by atoms with Crippen LogP contribution in [0.25, 0.3) is 0 Å². The van der Waals surface area contributed by atoms with Gasteiger partial charge in [0.1, 0.15) is 6.04 Å². The fourth-order valence-corrected chi connectivity index (χ4v) is 3.50. The molecule has 0 spiro atoms. The molecule has 1 amide bonds. The maximum atomic E-state index is 12.7. The van der Waals surface area contributed by atoms with Gasteiger partial charge in [0.2, 0.25) is 5.91 Å². The summed E-state index contributed by atoms with van der Waals surface area (Å²) in [6.07, 6.45) is 7.49. The van der Waals surface area contributed by atoms with Crippen molar-refractivity contribution in [2.45, 2.75) is 64.0 Å². The Morgan fingerprint density at radius 2 is 1.62 bits per heavy atom. The van der Waals surface area contributed by atoms with Crippen LogP contribution in [-0.2, 0) is 14.3 Å². The molecular formula is C16H28N2O3. The molecule has 0 radical (unpaired) electrons. The number of hydrogen-bond acceptors (Lipinski definition) is 4. The van der Waals surface area contributed by atoms with E-state index >= 15 is 0 Å². The van der Waals surface area contributed by atoms with Crippen LogP contribution in [0.1, 0.15) is 51.9 Å². The lowest BCUT2D eigenvalue weighted by Gasteiger charge is -2.39. The monoisotopic (exact) mass is 296 g/mol. The van der Waals surface area contributed by atoms with E-state index in [9.17, 15) is 9.59 Å². The van der Waals surface area contributed by atoms with Crippen LogP contribution < -0.4 is 0 Å². The number of hydrogen-bond donors (Lipinski definition) is 0. The van der Waals surface area contributed by atoms with Crippen molar-refractivity contribution in [3.63, 3.8) is 0 Å². The lowest BCUT2D eigenvalue weighted by Crippen LogP contribution is -2.55. The molecule has 0 aliphatic carbocycles. The molecule has 2 fully saturated rings. The highest BCUT2D eigenvalue weighted by molar-refractivity contribution is 5.83. The molecule has 2 atom stereocenters. The van der Waals surface area contributed by atoms with Gasteiger partial charge in [0.05, 0.1) is 13.2 Å². The first-order valence-corrected chi connectivity index (χ1v) is 8.27. The Morgan fingerprint density at radius 3 is 2.24 bits per heavy atom.